The lowest BCUT2D eigenvalue weighted by molar-refractivity contribution is -0.127. The van der Waals surface area contributed by atoms with Crippen molar-refractivity contribution in [2.24, 2.45) is 17.6 Å². The molecule has 3 N–H and O–H groups in total. The van der Waals surface area contributed by atoms with Crippen LogP contribution in [-0.2, 0) is 14.3 Å². The molecule has 2 aliphatic rings. The molecule has 1 saturated heterocycles. The first kappa shape index (κ1) is 14.8. The summed E-state index contributed by atoms with van der Waals surface area (Å²) in [6, 6.07) is 0.0483. The van der Waals surface area contributed by atoms with Crippen molar-refractivity contribution >= 4 is 5.91 Å². The fourth-order valence-electron chi connectivity index (χ4n) is 2.98. The van der Waals surface area contributed by atoms with Gasteiger partial charge in [-0.2, -0.15) is 0 Å². The Labute approximate surface area is 115 Å². The van der Waals surface area contributed by atoms with Crippen molar-refractivity contribution in [1.82, 2.24) is 5.32 Å². The molecule has 19 heavy (non-hydrogen) atoms. The molecular formula is C14H26N2O3. The van der Waals surface area contributed by atoms with Gasteiger partial charge in [0.2, 0.25) is 5.91 Å². The number of carbonyl (C=O) groups excluding carboxylic acids is 1. The fraction of sp³-hybridized carbons (Fsp3) is 0.929. The average Bonchev–Trinajstić information content (AvgIpc) is 3.07. The predicted octanol–water partition coefficient (Wildman–Crippen LogP) is 0.672. The van der Waals surface area contributed by atoms with E-state index < -0.39 is 0 Å². The highest BCUT2D eigenvalue weighted by Crippen LogP contribution is 2.31. The summed E-state index contributed by atoms with van der Waals surface area (Å²) < 4.78 is 11.0. The number of nitrogens with one attached hydrogen (secondary N) is 1. The molecule has 1 saturated carbocycles. The lowest BCUT2D eigenvalue weighted by atomic mass is 9.95. The molecule has 0 aromatic carbocycles. The third-order valence-electron chi connectivity index (χ3n) is 4.16. The van der Waals surface area contributed by atoms with E-state index in [0.717, 1.165) is 32.3 Å². The molecule has 0 aromatic heterocycles. The zero-order valence-electron chi connectivity index (χ0n) is 11.8. The van der Waals surface area contributed by atoms with Crippen molar-refractivity contribution in [1.29, 1.82) is 0 Å². The minimum atomic E-state index is 0.0483. The van der Waals surface area contributed by atoms with Crippen LogP contribution in [0.5, 0.6) is 0 Å². The average molecular weight is 270 g/mol. The summed E-state index contributed by atoms with van der Waals surface area (Å²) in [5.41, 5.74) is 5.72. The van der Waals surface area contributed by atoms with Crippen LogP contribution in [0.15, 0.2) is 0 Å². The van der Waals surface area contributed by atoms with E-state index in [1.807, 2.05) is 6.92 Å². The molecule has 1 aliphatic heterocycles. The Morgan fingerprint density at radius 2 is 2.32 bits per heavy atom. The zero-order valence-corrected chi connectivity index (χ0v) is 11.8. The van der Waals surface area contributed by atoms with Gasteiger partial charge in [0.15, 0.2) is 0 Å². The van der Waals surface area contributed by atoms with E-state index in [1.165, 1.54) is 0 Å². The SMILES string of the molecule is CC(COC1CCOC1)NC(=O)[C@@H]1CCC[C@@H]1CN. The van der Waals surface area contributed by atoms with Crippen molar-refractivity contribution in [3.63, 3.8) is 0 Å². The van der Waals surface area contributed by atoms with Crippen LogP contribution in [0.4, 0.5) is 0 Å². The van der Waals surface area contributed by atoms with E-state index in [9.17, 15) is 4.79 Å². The van der Waals surface area contributed by atoms with E-state index in [-0.39, 0.29) is 24.0 Å². The number of rotatable bonds is 6. The molecule has 110 valence electrons. The highest BCUT2D eigenvalue weighted by molar-refractivity contribution is 5.79. The van der Waals surface area contributed by atoms with Gasteiger partial charge in [0.25, 0.3) is 0 Å². The molecule has 2 rings (SSSR count). The molecule has 1 amide bonds. The zero-order chi connectivity index (χ0) is 13.7. The van der Waals surface area contributed by atoms with E-state index in [4.69, 9.17) is 15.2 Å². The van der Waals surface area contributed by atoms with Gasteiger partial charge >= 0.3 is 0 Å². The predicted molar refractivity (Wildman–Crippen MR) is 72.7 cm³/mol. The van der Waals surface area contributed by atoms with E-state index in [0.29, 0.717) is 25.7 Å². The maximum absolute atomic E-state index is 12.2. The molecule has 2 fully saturated rings. The van der Waals surface area contributed by atoms with Gasteiger partial charge in [0.05, 0.1) is 19.3 Å². The second-order valence-electron chi connectivity index (χ2n) is 5.76. The van der Waals surface area contributed by atoms with Gasteiger partial charge in [-0.3, -0.25) is 4.79 Å². The van der Waals surface area contributed by atoms with Crippen LogP contribution in [-0.4, -0.2) is 44.4 Å². The first-order valence-corrected chi connectivity index (χ1v) is 7.40. The molecule has 1 heterocycles. The Morgan fingerprint density at radius 3 is 3.00 bits per heavy atom. The summed E-state index contributed by atoms with van der Waals surface area (Å²) in [6.45, 7) is 4.62. The number of hydrogen-bond acceptors (Lipinski definition) is 4. The lowest BCUT2D eigenvalue weighted by Crippen LogP contribution is -2.42. The van der Waals surface area contributed by atoms with Crippen molar-refractivity contribution in [2.75, 3.05) is 26.4 Å². The molecular weight excluding hydrogens is 244 g/mol. The standard InChI is InChI=1S/C14H26N2O3/c1-10(8-19-12-5-6-18-9-12)16-14(17)13-4-2-3-11(13)7-15/h10-13H,2-9,15H2,1H3,(H,16,17)/t10?,11-,12?,13-/m1/s1. The van der Waals surface area contributed by atoms with Gasteiger partial charge in [-0.05, 0) is 38.6 Å². The molecule has 0 bridgehead atoms. The Morgan fingerprint density at radius 1 is 1.47 bits per heavy atom. The maximum atomic E-state index is 12.2. The van der Waals surface area contributed by atoms with Crippen molar-refractivity contribution in [3.8, 4) is 0 Å². The number of amides is 1. The highest BCUT2D eigenvalue weighted by atomic mass is 16.5. The van der Waals surface area contributed by atoms with Crippen molar-refractivity contribution < 1.29 is 14.3 Å². The van der Waals surface area contributed by atoms with E-state index >= 15 is 0 Å². The van der Waals surface area contributed by atoms with Crippen molar-refractivity contribution in [3.05, 3.63) is 0 Å². The smallest absolute Gasteiger partial charge is 0.223 e. The second-order valence-corrected chi connectivity index (χ2v) is 5.76. The van der Waals surface area contributed by atoms with Gasteiger partial charge in [-0.25, -0.2) is 0 Å². The van der Waals surface area contributed by atoms with E-state index in [2.05, 4.69) is 5.32 Å². The van der Waals surface area contributed by atoms with Gasteiger partial charge in [0.1, 0.15) is 0 Å². The molecule has 0 aromatic rings. The summed E-state index contributed by atoms with van der Waals surface area (Å²) in [5.74, 6) is 0.602. The number of nitrogens with two attached hydrogens (primary N) is 1. The van der Waals surface area contributed by atoms with E-state index in [1.54, 1.807) is 0 Å². The first-order valence-electron chi connectivity index (χ1n) is 7.40. The summed E-state index contributed by atoms with van der Waals surface area (Å²) in [7, 11) is 0. The third kappa shape index (κ3) is 4.16. The largest absolute Gasteiger partial charge is 0.379 e. The van der Waals surface area contributed by atoms with Crippen LogP contribution < -0.4 is 11.1 Å². The Kier molecular flexibility index (Phi) is 5.60. The molecule has 0 spiro atoms. The van der Waals surface area contributed by atoms with Gasteiger partial charge in [0, 0.05) is 18.6 Å². The quantitative estimate of drug-likeness (QED) is 0.744. The molecule has 5 nitrogen and oxygen atoms in total. The highest BCUT2D eigenvalue weighted by Gasteiger charge is 2.32. The third-order valence-corrected chi connectivity index (χ3v) is 4.16. The van der Waals surface area contributed by atoms with Gasteiger partial charge in [-0.1, -0.05) is 6.42 Å². The Bertz CT molecular complexity index is 292. The monoisotopic (exact) mass is 270 g/mol. The van der Waals surface area contributed by atoms with Crippen LogP contribution >= 0.6 is 0 Å². The molecule has 1 aliphatic carbocycles. The van der Waals surface area contributed by atoms with Crippen LogP contribution in [0, 0.1) is 11.8 Å². The molecule has 4 atom stereocenters. The molecule has 0 radical (unpaired) electrons. The second kappa shape index (κ2) is 7.22. The first-order chi connectivity index (χ1) is 9.20. The Hall–Kier alpha value is -0.650. The van der Waals surface area contributed by atoms with Crippen LogP contribution in [0.2, 0.25) is 0 Å². The topological polar surface area (TPSA) is 73.6 Å². The van der Waals surface area contributed by atoms with Crippen LogP contribution in [0.25, 0.3) is 0 Å². The summed E-state index contributed by atoms with van der Waals surface area (Å²) in [5, 5.41) is 3.05. The summed E-state index contributed by atoms with van der Waals surface area (Å²) >= 11 is 0. The van der Waals surface area contributed by atoms with Crippen LogP contribution in [0.3, 0.4) is 0 Å². The minimum Gasteiger partial charge on any atom is -0.379 e. The Balaban J connectivity index is 1.68. The fourth-order valence-corrected chi connectivity index (χ4v) is 2.98. The summed E-state index contributed by atoms with van der Waals surface area (Å²) in [6.07, 6.45) is 4.32. The van der Waals surface area contributed by atoms with Gasteiger partial charge < -0.3 is 20.5 Å². The summed E-state index contributed by atoms with van der Waals surface area (Å²) in [4.78, 5) is 12.2. The normalized spacial score (nSPS) is 32.4. The number of carbonyl (C=O) groups is 1. The maximum Gasteiger partial charge on any atom is 0.223 e. The van der Waals surface area contributed by atoms with Crippen molar-refractivity contribution in [2.45, 2.75) is 44.8 Å². The lowest BCUT2D eigenvalue weighted by Gasteiger charge is -2.21. The minimum absolute atomic E-state index is 0.0483. The number of ether oxygens (including phenoxy) is 2. The molecule has 5 heteroatoms. The van der Waals surface area contributed by atoms with Crippen LogP contribution in [0.1, 0.15) is 32.6 Å². The number of hydrogen-bond donors (Lipinski definition) is 2. The molecule has 2 unspecified atom stereocenters. The van der Waals surface area contributed by atoms with Gasteiger partial charge in [-0.15, -0.1) is 0 Å².